The molecule has 84 valence electrons. The average molecular weight is 238 g/mol. The van der Waals surface area contributed by atoms with Crippen LogP contribution in [-0.4, -0.2) is 25.2 Å². The number of anilines is 1. The van der Waals surface area contributed by atoms with Crippen LogP contribution in [-0.2, 0) is 4.79 Å². The van der Waals surface area contributed by atoms with Gasteiger partial charge in [-0.15, -0.1) is 0 Å². The fourth-order valence-corrected chi connectivity index (χ4v) is 1.87. The van der Waals surface area contributed by atoms with Gasteiger partial charge in [0.05, 0.1) is 4.91 Å². The fourth-order valence-electron chi connectivity index (χ4n) is 1.21. The zero-order chi connectivity index (χ0) is 11.7. The summed E-state index contributed by atoms with van der Waals surface area (Å²) in [4.78, 5) is 24.3. The van der Waals surface area contributed by atoms with E-state index >= 15 is 0 Å². The number of hydrogen-bond donors (Lipinski definition) is 1. The van der Waals surface area contributed by atoms with Crippen molar-refractivity contribution in [2.24, 2.45) is 0 Å². The summed E-state index contributed by atoms with van der Waals surface area (Å²) >= 11 is 0.874. The largest absolute Gasteiger partial charge is 0.441 e. The first-order valence-corrected chi connectivity index (χ1v) is 5.40. The van der Waals surface area contributed by atoms with Gasteiger partial charge in [0.2, 0.25) is 0 Å². The minimum Gasteiger partial charge on any atom is -0.441 e. The Balaban J connectivity index is 2.22. The van der Waals surface area contributed by atoms with Crippen LogP contribution in [0.15, 0.2) is 21.5 Å². The third kappa shape index (κ3) is 2.11. The van der Waals surface area contributed by atoms with Crippen LogP contribution in [0.4, 0.5) is 10.7 Å². The lowest BCUT2D eigenvalue weighted by atomic mass is 10.4. The fraction of sp³-hybridized carbons (Fsp3) is 0.200. The number of imide groups is 1. The van der Waals surface area contributed by atoms with Crippen LogP contribution in [0.25, 0.3) is 6.08 Å². The highest BCUT2D eigenvalue weighted by Crippen LogP contribution is 2.27. The standard InChI is InChI=1S/C10H10N2O3S/c1-12(2)8-4-3-6(15-8)5-7-9(13)11-10(14)16-7/h3-5H,1-2H3,(H,11,13,14)/b7-5-. The molecule has 1 aromatic heterocycles. The van der Waals surface area contributed by atoms with Gasteiger partial charge in [0.1, 0.15) is 5.76 Å². The topological polar surface area (TPSA) is 62.6 Å². The molecule has 1 N–H and O–H groups in total. The molecule has 5 nitrogen and oxygen atoms in total. The minimum atomic E-state index is -0.377. The van der Waals surface area contributed by atoms with E-state index in [1.54, 1.807) is 18.2 Å². The van der Waals surface area contributed by atoms with Crippen molar-refractivity contribution in [3.05, 3.63) is 22.8 Å². The lowest BCUT2D eigenvalue weighted by molar-refractivity contribution is -0.115. The Morgan fingerprint density at radius 2 is 2.12 bits per heavy atom. The highest BCUT2D eigenvalue weighted by molar-refractivity contribution is 8.18. The van der Waals surface area contributed by atoms with Gasteiger partial charge in [0, 0.05) is 26.2 Å². The predicted molar refractivity (Wildman–Crippen MR) is 62.1 cm³/mol. The number of rotatable bonds is 2. The second-order valence-electron chi connectivity index (χ2n) is 3.42. The van der Waals surface area contributed by atoms with E-state index in [0.29, 0.717) is 16.5 Å². The molecule has 2 rings (SSSR count). The summed E-state index contributed by atoms with van der Waals surface area (Å²) in [5.41, 5.74) is 0. The van der Waals surface area contributed by atoms with Gasteiger partial charge in [-0.1, -0.05) is 0 Å². The molecule has 6 heteroatoms. The molecular formula is C10H10N2O3S. The van der Waals surface area contributed by atoms with Gasteiger partial charge in [0.25, 0.3) is 11.1 Å². The molecule has 0 bridgehead atoms. The lowest BCUT2D eigenvalue weighted by Gasteiger charge is -2.05. The molecule has 0 atom stereocenters. The Kier molecular flexibility index (Phi) is 2.74. The van der Waals surface area contributed by atoms with E-state index in [1.165, 1.54) is 0 Å². The van der Waals surface area contributed by atoms with Crippen LogP contribution >= 0.6 is 11.8 Å². The van der Waals surface area contributed by atoms with Crippen molar-refractivity contribution in [2.75, 3.05) is 19.0 Å². The molecule has 1 aliphatic heterocycles. The minimum absolute atomic E-state index is 0.351. The summed E-state index contributed by atoms with van der Waals surface area (Å²) in [6.07, 6.45) is 1.55. The molecule has 1 saturated heterocycles. The zero-order valence-corrected chi connectivity index (χ0v) is 9.63. The van der Waals surface area contributed by atoms with E-state index in [9.17, 15) is 9.59 Å². The molecule has 2 amide bonds. The van der Waals surface area contributed by atoms with Crippen molar-refractivity contribution in [1.82, 2.24) is 5.32 Å². The second kappa shape index (κ2) is 4.05. The second-order valence-corrected chi connectivity index (χ2v) is 4.44. The van der Waals surface area contributed by atoms with Crippen molar-refractivity contribution in [3.63, 3.8) is 0 Å². The molecule has 16 heavy (non-hydrogen) atoms. The summed E-state index contributed by atoms with van der Waals surface area (Å²) < 4.78 is 5.44. The predicted octanol–water partition coefficient (Wildman–Crippen LogP) is 1.67. The molecule has 0 radical (unpaired) electrons. The Morgan fingerprint density at radius 3 is 2.62 bits per heavy atom. The van der Waals surface area contributed by atoms with Gasteiger partial charge in [0.15, 0.2) is 5.88 Å². The number of amides is 2. The van der Waals surface area contributed by atoms with Gasteiger partial charge >= 0.3 is 0 Å². The van der Waals surface area contributed by atoms with Crippen molar-refractivity contribution >= 4 is 34.9 Å². The van der Waals surface area contributed by atoms with Gasteiger partial charge in [-0.05, 0) is 17.8 Å². The number of carbonyl (C=O) groups excluding carboxylic acids is 2. The highest BCUT2D eigenvalue weighted by Gasteiger charge is 2.25. The monoisotopic (exact) mass is 238 g/mol. The summed E-state index contributed by atoms with van der Waals surface area (Å²) in [5.74, 6) is 0.871. The van der Waals surface area contributed by atoms with E-state index in [-0.39, 0.29) is 11.1 Å². The average Bonchev–Trinajstić information content (AvgIpc) is 2.75. The molecule has 0 spiro atoms. The number of furan rings is 1. The SMILES string of the molecule is CN(C)c1ccc(/C=C2\SC(=O)NC2=O)o1. The molecule has 1 aliphatic rings. The molecule has 0 unspecified atom stereocenters. The number of nitrogens with one attached hydrogen (secondary N) is 1. The van der Waals surface area contributed by atoms with Gasteiger partial charge in [-0.3, -0.25) is 14.9 Å². The molecule has 0 saturated carbocycles. The van der Waals surface area contributed by atoms with Crippen molar-refractivity contribution < 1.29 is 14.0 Å². The summed E-state index contributed by atoms with van der Waals surface area (Å²) in [6, 6.07) is 3.55. The zero-order valence-electron chi connectivity index (χ0n) is 8.81. The van der Waals surface area contributed by atoms with Gasteiger partial charge < -0.3 is 9.32 Å². The van der Waals surface area contributed by atoms with E-state index < -0.39 is 0 Å². The van der Waals surface area contributed by atoms with Crippen molar-refractivity contribution in [3.8, 4) is 0 Å². The Hall–Kier alpha value is -1.69. The van der Waals surface area contributed by atoms with Gasteiger partial charge in [-0.25, -0.2) is 0 Å². The van der Waals surface area contributed by atoms with Crippen LogP contribution in [0.3, 0.4) is 0 Å². The van der Waals surface area contributed by atoms with Crippen LogP contribution < -0.4 is 10.2 Å². The van der Waals surface area contributed by atoms with Crippen LogP contribution in [0.2, 0.25) is 0 Å². The maximum absolute atomic E-state index is 11.3. The quantitative estimate of drug-likeness (QED) is 0.794. The van der Waals surface area contributed by atoms with Gasteiger partial charge in [-0.2, -0.15) is 0 Å². The van der Waals surface area contributed by atoms with E-state index in [2.05, 4.69) is 5.32 Å². The first kappa shape index (κ1) is 10.8. The number of carbonyl (C=O) groups is 2. The van der Waals surface area contributed by atoms with E-state index in [1.807, 2.05) is 19.0 Å². The first-order chi connectivity index (χ1) is 7.56. The maximum Gasteiger partial charge on any atom is 0.290 e. The number of thioether (sulfide) groups is 1. The maximum atomic E-state index is 11.3. The van der Waals surface area contributed by atoms with E-state index in [4.69, 9.17) is 4.42 Å². The summed E-state index contributed by atoms with van der Waals surface area (Å²) in [5, 5.41) is 1.83. The van der Waals surface area contributed by atoms with Crippen LogP contribution in [0, 0.1) is 0 Å². The molecule has 1 aromatic rings. The molecular weight excluding hydrogens is 228 g/mol. The molecule has 0 aliphatic carbocycles. The van der Waals surface area contributed by atoms with Crippen LogP contribution in [0.1, 0.15) is 5.76 Å². The molecule has 0 aromatic carbocycles. The molecule has 2 heterocycles. The van der Waals surface area contributed by atoms with E-state index in [0.717, 1.165) is 11.8 Å². The number of hydrogen-bond acceptors (Lipinski definition) is 5. The number of nitrogens with zero attached hydrogens (tertiary/aromatic N) is 1. The Labute approximate surface area is 96.5 Å². The lowest BCUT2D eigenvalue weighted by Crippen LogP contribution is -2.17. The third-order valence-corrected chi connectivity index (χ3v) is 2.78. The normalized spacial score (nSPS) is 18.0. The first-order valence-electron chi connectivity index (χ1n) is 4.58. The smallest absolute Gasteiger partial charge is 0.290 e. The Bertz CT molecular complexity index is 476. The van der Waals surface area contributed by atoms with Crippen LogP contribution in [0.5, 0.6) is 0 Å². The summed E-state index contributed by atoms with van der Waals surface area (Å²) in [7, 11) is 3.71. The Morgan fingerprint density at radius 1 is 1.38 bits per heavy atom. The third-order valence-electron chi connectivity index (χ3n) is 1.97. The highest BCUT2D eigenvalue weighted by atomic mass is 32.2. The summed E-state index contributed by atoms with van der Waals surface area (Å²) in [6.45, 7) is 0. The molecule has 1 fully saturated rings. The van der Waals surface area contributed by atoms with Crippen molar-refractivity contribution in [1.29, 1.82) is 0 Å². The van der Waals surface area contributed by atoms with Crippen molar-refractivity contribution in [2.45, 2.75) is 0 Å².